The quantitative estimate of drug-likeness (QED) is 0.432. The van der Waals surface area contributed by atoms with Crippen molar-refractivity contribution < 1.29 is 19.4 Å². The van der Waals surface area contributed by atoms with Crippen molar-refractivity contribution in [1.82, 2.24) is 0 Å². The van der Waals surface area contributed by atoms with Crippen molar-refractivity contribution >= 4 is 11.9 Å². The highest BCUT2D eigenvalue weighted by atomic mass is 16.6. The molecule has 1 unspecified atom stereocenters. The lowest BCUT2D eigenvalue weighted by Gasteiger charge is -2.22. The topological polar surface area (TPSA) is 63.6 Å². The molecule has 0 heterocycles. The van der Waals surface area contributed by atoms with Gasteiger partial charge in [0.05, 0.1) is 0 Å². The van der Waals surface area contributed by atoms with Crippen molar-refractivity contribution in [3.63, 3.8) is 0 Å². The van der Waals surface area contributed by atoms with Crippen molar-refractivity contribution in [3.8, 4) is 0 Å². The Morgan fingerprint density at radius 2 is 2.00 bits per heavy atom. The Balaban J connectivity index is 4.42. The minimum absolute atomic E-state index is 0.230. The summed E-state index contributed by atoms with van der Waals surface area (Å²) in [7, 11) is 0. The molecule has 0 bridgehead atoms. The zero-order chi connectivity index (χ0) is 12.1. The van der Waals surface area contributed by atoms with Gasteiger partial charge in [0.25, 0.3) is 0 Å². The van der Waals surface area contributed by atoms with Crippen LogP contribution in [0.1, 0.15) is 33.6 Å². The van der Waals surface area contributed by atoms with Crippen molar-refractivity contribution in [2.75, 3.05) is 0 Å². The number of carboxylic acid groups (broad SMARTS) is 1. The van der Waals surface area contributed by atoms with E-state index in [2.05, 4.69) is 6.58 Å². The summed E-state index contributed by atoms with van der Waals surface area (Å²) < 4.78 is 5.00. The van der Waals surface area contributed by atoms with E-state index in [0.717, 1.165) is 0 Å². The van der Waals surface area contributed by atoms with E-state index in [4.69, 9.17) is 9.84 Å². The average Bonchev–Trinajstić information content (AvgIpc) is 2.00. The van der Waals surface area contributed by atoms with Gasteiger partial charge in [-0.3, -0.25) is 9.59 Å². The molecule has 0 aliphatic carbocycles. The van der Waals surface area contributed by atoms with Gasteiger partial charge in [-0.15, -0.1) is 6.58 Å². The molecule has 1 atom stereocenters. The number of aliphatic carboxylic acids is 1. The summed E-state index contributed by atoms with van der Waals surface area (Å²) in [6.07, 6.45) is 2.30. The molecular formula is C11H18O4. The first-order chi connectivity index (χ1) is 6.78. The predicted octanol–water partition coefficient (Wildman–Crippen LogP) is 2.00. The molecule has 86 valence electrons. The second kappa shape index (κ2) is 5.53. The molecule has 0 aliphatic heterocycles. The second-order valence-corrected chi connectivity index (χ2v) is 4.29. The number of carbonyl (C=O) groups is 2. The molecule has 4 heteroatoms. The molecule has 0 rings (SSSR count). The fourth-order valence-corrected chi connectivity index (χ4v) is 1.000. The van der Waals surface area contributed by atoms with Crippen molar-refractivity contribution in [2.24, 2.45) is 5.92 Å². The van der Waals surface area contributed by atoms with Gasteiger partial charge in [0, 0.05) is 0 Å². The zero-order valence-corrected chi connectivity index (χ0v) is 9.45. The maximum absolute atomic E-state index is 11.5. The number of hydrogen-bond acceptors (Lipinski definition) is 3. The van der Waals surface area contributed by atoms with Gasteiger partial charge in [-0.05, 0) is 33.6 Å². The highest BCUT2D eigenvalue weighted by Gasteiger charge is 2.30. The van der Waals surface area contributed by atoms with Crippen LogP contribution in [0.5, 0.6) is 0 Å². The van der Waals surface area contributed by atoms with Gasteiger partial charge >= 0.3 is 11.9 Å². The number of rotatable bonds is 5. The predicted molar refractivity (Wildman–Crippen MR) is 56.4 cm³/mol. The number of carbonyl (C=O) groups excluding carboxylic acids is 1. The summed E-state index contributed by atoms with van der Waals surface area (Å²) in [5.41, 5.74) is -0.654. The van der Waals surface area contributed by atoms with E-state index in [1.54, 1.807) is 26.8 Å². The molecule has 0 radical (unpaired) electrons. The van der Waals surface area contributed by atoms with Crippen LogP contribution in [0.15, 0.2) is 12.7 Å². The molecule has 0 aromatic heterocycles. The summed E-state index contributed by atoms with van der Waals surface area (Å²) >= 11 is 0. The lowest BCUT2D eigenvalue weighted by Crippen LogP contribution is -2.32. The van der Waals surface area contributed by atoms with Crippen LogP contribution in [0, 0.1) is 5.92 Å². The van der Waals surface area contributed by atoms with Crippen LogP contribution in [0.2, 0.25) is 0 Å². The number of hydrogen-bond donors (Lipinski definition) is 1. The summed E-state index contributed by atoms with van der Waals surface area (Å²) in [6.45, 7) is 8.60. The minimum Gasteiger partial charge on any atom is -0.481 e. The SMILES string of the molecule is C=CCCC(C(=O)O)C(=O)OC(C)(C)C. The minimum atomic E-state index is -1.15. The van der Waals surface area contributed by atoms with Crippen LogP contribution in [0.25, 0.3) is 0 Å². The summed E-state index contributed by atoms with van der Waals surface area (Å²) in [5.74, 6) is -2.93. The normalized spacial score (nSPS) is 13.0. The summed E-state index contributed by atoms with van der Waals surface area (Å²) in [4.78, 5) is 22.3. The Labute approximate surface area is 89.9 Å². The van der Waals surface area contributed by atoms with Gasteiger partial charge in [-0.1, -0.05) is 6.08 Å². The first-order valence-electron chi connectivity index (χ1n) is 4.84. The fourth-order valence-electron chi connectivity index (χ4n) is 1.000. The lowest BCUT2D eigenvalue weighted by molar-refractivity contribution is -0.167. The fraction of sp³-hybridized carbons (Fsp3) is 0.636. The molecule has 0 aromatic rings. The van der Waals surface area contributed by atoms with E-state index in [-0.39, 0.29) is 6.42 Å². The molecule has 0 fully saturated rings. The molecule has 0 saturated carbocycles. The number of allylic oxidation sites excluding steroid dienone is 1. The number of esters is 1. The largest absolute Gasteiger partial charge is 0.481 e. The number of carboxylic acids is 1. The van der Waals surface area contributed by atoms with Gasteiger partial charge in [0.15, 0.2) is 5.92 Å². The van der Waals surface area contributed by atoms with Crippen LogP contribution >= 0.6 is 0 Å². The Morgan fingerprint density at radius 3 is 2.33 bits per heavy atom. The third-order valence-corrected chi connectivity index (χ3v) is 1.65. The van der Waals surface area contributed by atoms with Gasteiger partial charge in [0.2, 0.25) is 0 Å². The molecular weight excluding hydrogens is 196 g/mol. The van der Waals surface area contributed by atoms with Crippen LogP contribution < -0.4 is 0 Å². The van der Waals surface area contributed by atoms with Crippen molar-refractivity contribution in [3.05, 3.63) is 12.7 Å². The van der Waals surface area contributed by atoms with Gasteiger partial charge in [-0.25, -0.2) is 0 Å². The third-order valence-electron chi connectivity index (χ3n) is 1.65. The molecule has 0 amide bonds. The molecule has 0 spiro atoms. The average molecular weight is 214 g/mol. The van der Waals surface area contributed by atoms with E-state index in [1.165, 1.54) is 0 Å². The van der Waals surface area contributed by atoms with Crippen LogP contribution in [-0.2, 0) is 14.3 Å². The van der Waals surface area contributed by atoms with Crippen molar-refractivity contribution in [1.29, 1.82) is 0 Å². The maximum atomic E-state index is 11.5. The Hall–Kier alpha value is -1.32. The molecule has 0 aromatic carbocycles. The molecule has 0 saturated heterocycles. The summed E-state index contributed by atoms with van der Waals surface area (Å²) in [5, 5.41) is 8.83. The monoisotopic (exact) mass is 214 g/mol. The summed E-state index contributed by atoms with van der Waals surface area (Å²) in [6, 6.07) is 0. The van der Waals surface area contributed by atoms with E-state index < -0.39 is 23.5 Å². The highest BCUT2D eigenvalue weighted by Crippen LogP contribution is 2.15. The van der Waals surface area contributed by atoms with E-state index in [9.17, 15) is 9.59 Å². The first kappa shape index (κ1) is 13.7. The number of ether oxygens (including phenoxy) is 1. The third kappa shape index (κ3) is 5.88. The van der Waals surface area contributed by atoms with Crippen LogP contribution in [-0.4, -0.2) is 22.6 Å². The van der Waals surface area contributed by atoms with Gasteiger partial charge in [-0.2, -0.15) is 0 Å². The highest BCUT2D eigenvalue weighted by molar-refractivity contribution is 5.94. The van der Waals surface area contributed by atoms with Gasteiger partial charge < -0.3 is 9.84 Å². The van der Waals surface area contributed by atoms with E-state index >= 15 is 0 Å². The zero-order valence-electron chi connectivity index (χ0n) is 9.45. The molecule has 0 aliphatic rings. The lowest BCUT2D eigenvalue weighted by atomic mass is 10.0. The van der Waals surface area contributed by atoms with Crippen molar-refractivity contribution in [2.45, 2.75) is 39.2 Å². The Morgan fingerprint density at radius 1 is 1.47 bits per heavy atom. The first-order valence-corrected chi connectivity index (χ1v) is 4.84. The standard InChI is InChI=1S/C11H18O4/c1-5-6-7-8(9(12)13)10(14)15-11(2,3)4/h5,8H,1,6-7H2,2-4H3,(H,12,13). The van der Waals surface area contributed by atoms with Crippen LogP contribution in [0.4, 0.5) is 0 Å². The Kier molecular flexibility index (Phi) is 5.05. The van der Waals surface area contributed by atoms with E-state index in [1.807, 2.05) is 0 Å². The molecule has 4 nitrogen and oxygen atoms in total. The second-order valence-electron chi connectivity index (χ2n) is 4.29. The maximum Gasteiger partial charge on any atom is 0.320 e. The molecule has 1 N–H and O–H groups in total. The Bertz CT molecular complexity index is 250. The van der Waals surface area contributed by atoms with Gasteiger partial charge in [0.1, 0.15) is 5.60 Å². The van der Waals surface area contributed by atoms with E-state index in [0.29, 0.717) is 6.42 Å². The smallest absolute Gasteiger partial charge is 0.320 e. The van der Waals surface area contributed by atoms with Crippen LogP contribution in [0.3, 0.4) is 0 Å². The molecule has 15 heavy (non-hydrogen) atoms.